The molecule has 18 heavy (non-hydrogen) atoms. The van der Waals surface area contributed by atoms with E-state index in [1.807, 2.05) is 57.3 Å². The second-order valence-corrected chi connectivity index (χ2v) is 7.71. The summed E-state index contributed by atoms with van der Waals surface area (Å²) >= 11 is 4.06. The molecule has 0 fully saturated rings. The fraction of sp³-hybridized carbons (Fsp3) is 0. The molecular formula is C13H4I2N2O. The van der Waals surface area contributed by atoms with Gasteiger partial charge in [-0.05, 0) is 50.7 Å². The molecule has 1 aliphatic rings. The van der Waals surface area contributed by atoms with Crippen LogP contribution >= 0.6 is 45.2 Å². The highest BCUT2D eigenvalue weighted by Crippen LogP contribution is 2.43. The fourth-order valence-electron chi connectivity index (χ4n) is 1.86. The van der Waals surface area contributed by atoms with Crippen molar-refractivity contribution in [2.24, 2.45) is 0 Å². The largest absolute Gasteiger partial charge is 0.289 e. The minimum atomic E-state index is -0.123. The maximum absolute atomic E-state index is 12.3. The highest BCUT2D eigenvalue weighted by Gasteiger charge is 2.33. The van der Waals surface area contributed by atoms with E-state index in [0.717, 1.165) is 1.59 Å². The Morgan fingerprint density at radius 1 is 1.00 bits per heavy atom. The monoisotopic (exact) mass is 458 g/mol. The summed E-state index contributed by atoms with van der Waals surface area (Å²) in [5.41, 5.74) is 2.11. The number of nitrogens with zero attached hydrogens (tertiary/aromatic N) is 2. The molecule has 0 saturated heterocycles. The number of carbonyl (C=O) groups excluding carboxylic acids is 1. The van der Waals surface area contributed by atoms with Crippen LogP contribution in [-0.4, -0.2) is 5.78 Å². The van der Waals surface area contributed by atoms with Crippen molar-refractivity contribution in [1.29, 1.82) is 10.5 Å². The summed E-state index contributed by atoms with van der Waals surface area (Å²) in [5.74, 6) is -0.123. The Balaban J connectivity index is 2.92. The van der Waals surface area contributed by atoms with Crippen LogP contribution in [0.25, 0.3) is 5.57 Å². The molecule has 0 unspecified atom stereocenters. The second-order valence-electron chi connectivity index (χ2n) is 3.48. The van der Waals surface area contributed by atoms with E-state index in [-0.39, 0.29) is 11.4 Å². The van der Waals surface area contributed by atoms with E-state index in [4.69, 9.17) is 10.5 Å². The summed E-state index contributed by atoms with van der Waals surface area (Å²) in [5, 5.41) is 18.1. The van der Waals surface area contributed by atoms with Crippen LogP contribution in [0.2, 0.25) is 0 Å². The molecule has 1 aromatic rings. The minimum Gasteiger partial charge on any atom is -0.289 e. The normalized spacial score (nSPS) is 12.8. The van der Waals surface area contributed by atoms with Gasteiger partial charge < -0.3 is 0 Å². The summed E-state index contributed by atoms with van der Waals surface area (Å²) in [4.78, 5) is 12.3. The van der Waals surface area contributed by atoms with Gasteiger partial charge in [0.25, 0.3) is 0 Å². The molecule has 2 rings (SSSR count). The molecule has 0 aliphatic heterocycles. The lowest BCUT2D eigenvalue weighted by atomic mass is 10.0. The lowest BCUT2D eigenvalue weighted by molar-refractivity contribution is 0.104. The van der Waals surface area contributed by atoms with Crippen LogP contribution in [0.4, 0.5) is 0 Å². The maximum atomic E-state index is 12.3. The van der Waals surface area contributed by atoms with Crippen molar-refractivity contribution in [2.75, 3.05) is 0 Å². The Labute approximate surface area is 131 Å². The van der Waals surface area contributed by atoms with Crippen LogP contribution in [-0.2, 0) is 0 Å². The van der Waals surface area contributed by atoms with Crippen molar-refractivity contribution in [3.05, 3.63) is 48.1 Å². The van der Waals surface area contributed by atoms with E-state index in [0.29, 0.717) is 22.3 Å². The molecule has 0 radical (unpaired) electrons. The van der Waals surface area contributed by atoms with Gasteiger partial charge in [-0.25, -0.2) is 0 Å². The summed E-state index contributed by atoms with van der Waals surface area (Å²) in [6, 6.07) is 10.8. The second kappa shape index (κ2) is 5.21. The molecule has 5 heteroatoms. The molecule has 0 heterocycles. The van der Waals surface area contributed by atoms with Crippen LogP contribution in [0, 0.1) is 22.7 Å². The van der Waals surface area contributed by atoms with Gasteiger partial charge in [-0.3, -0.25) is 4.79 Å². The quantitative estimate of drug-likeness (QED) is 0.338. The van der Waals surface area contributed by atoms with E-state index < -0.39 is 0 Å². The number of nitriles is 2. The van der Waals surface area contributed by atoms with Crippen molar-refractivity contribution in [3.63, 3.8) is 0 Å². The SMILES string of the molecule is N#CC(C#N)=C1C(=C(I)I)C(=O)c2ccccc21. The Bertz CT molecular complexity index is 682. The number of Topliss-reactive ketones (excluding diaryl/α,β-unsaturated/α-hetero) is 1. The number of rotatable bonds is 0. The molecular weight excluding hydrogens is 454 g/mol. The first-order valence-electron chi connectivity index (χ1n) is 4.86. The van der Waals surface area contributed by atoms with Crippen molar-refractivity contribution >= 4 is 56.5 Å². The molecule has 1 aromatic carbocycles. The van der Waals surface area contributed by atoms with E-state index in [1.165, 1.54) is 0 Å². The number of halogens is 2. The Hall–Kier alpha value is -1.19. The Kier molecular flexibility index (Phi) is 3.83. The van der Waals surface area contributed by atoms with Crippen molar-refractivity contribution < 1.29 is 4.79 Å². The van der Waals surface area contributed by atoms with Gasteiger partial charge in [-0.1, -0.05) is 24.3 Å². The third-order valence-electron chi connectivity index (χ3n) is 2.58. The zero-order valence-electron chi connectivity index (χ0n) is 8.87. The lowest BCUT2D eigenvalue weighted by Crippen LogP contribution is -1.96. The van der Waals surface area contributed by atoms with Crippen molar-refractivity contribution in [1.82, 2.24) is 0 Å². The van der Waals surface area contributed by atoms with Crippen LogP contribution in [0.1, 0.15) is 15.9 Å². The first-order valence-corrected chi connectivity index (χ1v) is 7.01. The number of allylic oxidation sites excluding steroid dienone is 3. The van der Waals surface area contributed by atoms with Crippen molar-refractivity contribution in [3.8, 4) is 12.1 Å². The minimum absolute atomic E-state index is 0.0193. The summed E-state index contributed by atoms with van der Waals surface area (Å²) < 4.78 is 0.754. The number of hydrogen-bond acceptors (Lipinski definition) is 3. The number of fused-ring (bicyclic) bond motifs is 1. The molecule has 86 valence electrons. The number of benzene rings is 1. The zero-order chi connectivity index (χ0) is 13.3. The maximum Gasteiger partial charge on any atom is 0.195 e. The molecule has 0 bridgehead atoms. The highest BCUT2D eigenvalue weighted by molar-refractivity contribution is 14.2. The molecule has 0 saturated carbocycles. The Morgan fingerprint density at radius 2 is 1.56 bits per heavy atom. The summed E-state index contributed by atoms with van der Waals surface area (Å²) in [6.45, 7) is 0. The van der Waals surface area contributed by atoms with Crippen LogP contribution in [0.3, 0.4) is 0 Å². The average Bonchev–Trinajstić information content (AvgIpc) is 2.66. The van der Waals surface area contributed by atoms with E-state index >= 15 is 0 Å². The van der Waals surface area contributed by atoms with Gasteiger partial charge in [0, 0.05) is 11.1 Å². The van der Waals surface area contributed by atoms with Gasteiger partial charge in [-0.15, -0.1) is 0 Å². The predicted molar refractivity (Wildman–Crippen MR) is 84.0 cm³/mol. The van der Waals surface area contributed by atoms with Crippen molar-refractivity contribution in [2.45, 2.75) is 0 Å². The van der Waals surface area contributed by atoms with E-state index in [9.17, 15) is 4.79 Å². The summed E-state index contributed by atoms with van der Waals surface area (Å²) in [6.07, 6.45) is 0. The molecule has 0 spiro atoms. The number of ketones is 1. The molecule has 1 aliphatic carbocycles. The van der Waals surface area contributed by atoms with Crippen LogP contribution < -0.4 is 0 Å². The fourth-order valence-corrected chi connectivity index (χ4v) is 2.89. The average molecular weight is 458 g/mol. The van der Waals surface area contributed by atoms with Gasteiger partial charge in [0.15, 0.2) is 5.78 Å². The van der Waals surface area contributed by atoms with Crippen LogP contribution in [0.5, 0.6) is 0 Å². The summed E-state index contributed by atoms with van der Waals surface area (Å²) in [7, 11) is 0. The number of carbonyl (C=O) groups is 1. The topological polar surface area (TPSA) is 64.7 Å². The molecule has 0 amide bonds. The predicted octanol–water partition coefficient (Wildman–Crippen LogP) is 3.77. The Morgan fingerprint density at radius 3 is 2.06 bits per heavy atom. The number of hydrogen-bond donors (Lipinski definition) is 0. The van der Waals surface area contributed by atoms with Gasteiger partial charge >= 0.3 is 0 Å². The smallest absolute Gasteiger partial charge is 0.195 e. The third kappa shape index (κ3) is 1.98. The van der Waals surface area contributed by atoms with E-state index in [2.05, 4.69) is 0 Å². The first kappa shape index (κ1) is 13.2. The lowest BCUT2D eigenvalue weighted by Gasteiger charge is -2.01. The molecule has 0 N–H and O–H groups in total. The third-order valence-corrected chi connectivity index (χ3v) is 3.66. The van der Waals surface area contributed by atoms with Gasteiger partial charge in [0.1, 0.15) is 17.7 Å². The standard InChI is InChI=1S/C13H4I2N2O/c14-13(15)11-10(7(5-16)6-17)8-3-1-2-4-9(8)12(11)18/h1-4H. The van der Waals surface area contributed by atoms with E-state index in [1.54, 1.807) is 24.3 Å². The highest BCUT2D eigenvalue weighted by atomic mass is 127. The first-order chi connectivity index (χ1) is 8.61. The molecule has 0 aromatic heterocycles. The molecule has 3 nitrogen and oxygen atoms in total. The van der Waals surface area contributed by atoms with Gasteiger partial charge in [0.05, 0.1) is 7.16 Å². The molecule has 0 atom stereocenters. The van der Waals surface area contributed by atoms with Gasteiger partial charge in [-0.2, -0.15) is 10.5 Å². The van der Waals surface area contributed by atoms with Gasteiger partial charge in [0.2, 0.25) is 0 Å². The zero-order valence-corrected chi connectivity index (χ0v) is 13.2. The van der Waals surface area contributed by atoms with Crippen LogP contribution in [0.15, 0.2) is 37.0 Å².